The molecule has 0 radical (unpaired) electrons. The zero-order valence-corrected chi connectivity index (χ0v) is 33.1. The highest BCUT2D eigenvalue weighted by Crippen LogP contribution is 2.55. The second-order valence-corrected chi connectivity index (χ2v) is 16.7. The zero-order chi connectivity index (χ0) is 39.2. The zero-order valence-electron chi connectivity index (χ0n) is 33.1. The van der Waals surface area contributed by atoms with Crippen molar-refractivity contribution >= 4 is 53.9 Å². The molecule has 0 aliphatic heterocycles. The summed E-state index contributed by atoms with van der Waals surface area (Å²) in [4.78, 5) is 0. The first-order chi connectivity index (χ1) is 29.0. The van der Waals surface area contributed by atoms with Crippen LogP contribution in [-0.2, 0) is 5.41 Å². The largest absolute Gasteiger partial charge is 0.0619 e. The molecule has 0 fully saturated rings. The van der Waals surface area contributed by atoms with Gasteiger partial charge in [-0.1, -0.05) is 208 Å². The van der Waals surface area contributed by atoms with Crippen LogP contribution in [-0.4, -0.2) is 0 Å². The molecular weight excluding hydrogens is 709 g/mol. The predicted molar refractivity (Wildman–Crippen MR) is 253 cm³/mol. The first kappa shape index (κ1) is 33.8. The molecular formula is C59H40. The Morgan fingerprint density at radius 1 is 0.254 bits per heavy atom. The Kier molecular flexibility index (Phi) is 7.38. The van der Waals surface area contributed by atoms with E-state index in [4.69, 9.17) is 0 Å². The van der Waals surface area contributed by atoms with Crippen LogP contribution in [0.25, 0.3) is 109 Å². The van der Waals surface area contributed by atoms with Crippen LogP contribution >= 0.6 is 0 Å². The summed E-state index contributed by atoms with van der Waals surface area (Å²) >= 11 is 0. The Morgan fingerprint density at radius 3 is 1.59 bits per heavy atom. The Morgan fingerprint density at radius 2 is 0.780 bits per heavy atom. The SMILES string of the molecule is CC1(C)c2ccccc2-c2c(-c3c4ccccc4c(-c4ccc(-c5cc6ccccc6c6ccccc56)cc4)c4ccc(-c5cccc6ccccc56)cc34)cccc21. The van der Waals surface area contributed by atoms with E-state index < -0.39 is 0 Å². The maximum atomic E-state index is 2.48. The van der Waals surface area contributed by atoms with E-state index in [1.54, 1.807) is 0 Å². The molecule has 0 nitrogen and oxygen atoms in total. The molecule has 11 aromatic rings. The van der Waals surface area contributed by atoms with Gasteiger partial charge in [-0.05, 0) is 133 Å². The molecule has 0 heteroatoms. The Balaban J connectivity index is 1.14. The van der Waals surface area contributed by atoms with Crippen molar-refractivity contribution in [1.82, 2.24) is 0 Å². The van der Waals surface area contributed by atoms with Crippen molar-refractivity contribution < 1.29 is 0 Å². The Bertz CT molecular complexity index is 3500. The second kappa shape index (κ2) is 12.9. The number of fused-ring (bicyclic) bond motifs is 9. The molecule has 0 N–H and O–H groups in total. The molecule has 0 atom stereocenters. The molecule has 0 saturated heterocycles. The number of benzene rings is 11. The van der Waals surface area contributed by atoms with Crippen LogP contribution in [0.5, 0.6) is 0 Å². The third-order valence-corrected chi connectivity index (χ3v) is 13.3. The summed E-state index contributed by atoms with van der Waals surface area (Å²) in [7, 11) is 0. The van der Waals surface area contributed by atoms with Crippen molar-refractivity contribution in [2.45, 2.75) is 19.3 Å². The lowest BCUT2D eigenvalue weighted by Gasteiger charge is -2.23. The minimum atomic E-state index is -0.0975. The molecule has 1 aliphatic carbocycles. The Labute approximate surface area is 344 Å². The Hall–Kier alpha value is -7.28. The van der Waals surface area contributed by atoms with E-state index in [1.165, 1.54) is 121 Å². The van der Waals surface area contributed by atoms with Gasteiger partial charge in [-0.15, -0.1) is 0 Å². The van der Waals surface area contributed by atoms with Crippen LogP contribution in [0.2, 0.25) is 0 Å². The van der Waals surface area contributed by atoms with E-state index in [1.807, 2.05) is 0 Å². The van der Waals surface area contributed by atoms with Crippen molar-refractivity contribution in [3.63, 3.8) is 0 Å². The molecule has 59 heavy (non-hydrogen) atoms. The average Bonchev–Trinajstić information content (AvgIpc) is 3.53. The van der Waals surface area contributed by atoms with Gasteiger partial charge < -0.3 is 0 Å². The highest BCUT2D eigenvalue weighted by atomic mass is 14.4. The molecule has 276 valence electrons. The normalized spacial score (nSPS) is 13.1. The molecule has 1 aliphatic rings. The highest BCUT2D eigenvalue weighted by Gasteiger charge is 2.37. The van der Waals surface area contributed by atoms with Gasteiger partial charge >= 0.3 is 0 Å². The fraction of sp³-hybridized carbons (Fsp3) is 0.0508. The monoisotopic (exact) mass is 748 g/mol. The van der Waals surface area contributed by atoms with Crippen molar-refractivity contribution in [3.8, 4) is 55.6 Å². The topological polar surface area (TPSA) is 0 Å². The minimum absolute atomic E-state index is 0.0975. The molecule has 0 aromatic heterocycles. The lowest BCUT2D eigenvalue weighted by Crippen LogP contribution is -2.14. The third-order valence-electron chi connectivity index (χ3n) is 13.3. The molecule has 12 rings (SSSR count). The van der Waals surface area contributed by atoms with Gasteiger partial charge in [0.2, 0.25) is 0 Å². The summed E-state index contributed by atoms with van der Waals surface area (Å²) in [5.74, 6) is 0. The van der Waals surface area contributed by atoms with Crippen molar-refractivity contribution in [2.75, 3.05) is 0 Å². The third kappa shape index (κ3) is 5.03. The maximum Gasteiger partial charge on any atom is 0.0159 e. The molecule has 0 unspecified atom stereocenters. The fourth-order valence-electron chi connectivity index (χ4n) is 10.5. The van der Waals surface area contributed by atoms with Crippen LogP contribution in [0.15, 0.2) is 206 Å². The van der Waals surface area contributed by atoms with Crippen molar-refractivity contribution in [2.24, 2.45) is 0 Å². The lowest BCUT2D eigenvalue weighted by molar-refractivity contribution is 0.660. The predicted octanol–water partition coefficient (Wildman–Crippen LogP) is 16.4. The van der Waals surface area contributed by atoms with Crippen molar-refractivity contribution in [1.29, 1.82) is 0 Å². The minimum Gasteiger partial charge on any atom is -0.0619 e. The standard InChI is InChI=1S/C59H40/c1-59(2)54-27-12-11-24-50(54)58-51(26-14-28-55(58)59)57-48-23-10-9-22-47(48)56(49-34-33-41(36-53(49)57)43-25-13-17-37-15-3-5-18-42(37)43)39-31-29-38(30-32-39)52-35-40-16-4-6-19-44(40)45-20-7-8-21-46(45)52/h3-36H,1-2H3. The highest BCUT2D eigenvalue weighted by molar-refractivity contribution is 6.24. The van der Waals surface area contributed by atoms with Crippen LogP contribution in [0.3, 0.4) is 0 Å². The van der Waals surface area contributed by atoms with E-state index in [2.05, 4.69) is 220 Å². The molecule has 0 bridgehead atoms. The summed E-state index contributed by atoms with van der Waals surface area (Å²) in [6.45, 7) is 4.76. The van der Waals surface area contributed by atoms with Crippen LogP contribution in [0.4, 0.5) is 0 Å². The van der Waals surface area contributed by atoms with Gasteiger partial charge in [-0.25, -0.2) is 0 Å². The fourth-order valence-corrected chi connectivity index (χ4v) is 10.5. The van der Waals surface area contributed by atoms with Gasteiger partial charge in [0.15, 0.2) is 0 Å². The first-order valence-electron chi connectivity index (χ1n) is 20.8. The second-order valence-electron chi connectivity index (χ2n) is 16.7. The summed E-state index contributed by atoms with van der Waals surface area (Å²) in [6, 6.07) is 77.0. The van der Waals surface area contributed by atoms with Crippen LogP contribution < -0.4 is 0 Å². The van der Waals surface area contributed by atoms with Gasteiger partial charge in [0.05, 0.1) is 0 Å². The van der Waals surface area contributed by atoms with Gasteiger partial charge in [0.25, 0.3) is 0 Å². The van der Waals surface area contributed by atoms with Crippen LogP contribution in [0, 0.1) is 0 Å². The average molecular weight is 749 g/mol. The quantitative estimate of drug-likeness (QED) is 0.124. The molecule has 0 saturated carbocycles. The first-order valence-corrected chi connectivity index (χ1v) is 20.8. The molecule has 0 amide bonds. The number of hydrogen-bond acceptors (Lipinski definition) is 0. The van der Waals surface area contributed by atoms with Crippen molar-refractivity contribution in [3.05, 3.63) is 217 Å². The van der Waals surface area contributed by atoms with Gasteiger partial charge in [0.1, 0.15) is 0 Å². The maximum absolute atomic E-state index is 2.48. The molecule has 11 aromatic carbocycles. The van der Waals surface area contributed by atoms with Gasteiger partial charge in [-0.3, -0.25) is 0 Å². The van der Waals surface area contributed by atoms with E-state index in [-0.39, 0.29) is 5.41 Å². The summed E-state index contributed by atoms with van der Waals surface area (Å²) in [5.41, 5.74) is 15.4. The lowest BCUT2D eigenvalue weighted by atomic mass is 9.80. The van der Waals surface area contributed by atoms with E-state index in [0.29, 0.717) is 0 Å². The van der Waals surface area contributed by atoms with Crippen LogP contribution in [0.1, 0.15) is 25.0 Å². The van der Waals surface area contributed by atoms with Gasteiger partial charge in [-0.2, -0.15) is 0 Å². The van der Waals surface area contributed by atoms with E-state index in [0.717, 1.165) is 0 Å². The van der Waals surface area contributed by atoms with Gasteiger partial charge in [0, 0.05) is 5.41 Å². The van der Waals surface area contributed by atoms with E-state index in [9.17, 15) is 0 Å². The smallest absolute Gasteiger partial charge is 0.0159 e. The molecule has 0 spiro atoms. The number of hydrogen-bond donors (Lipinski definition) is 0. The van der Waals surface area contributed by atoms with E-state index >= 15 is 0 Å². The summed E-state index contributed by atoms with van der Waals surface area (Å²) < 4.78 is 0. The summed E-state index contributed by atoms with van der Waals surface area (Å²) in [6.07, 6.45) is 0. The number of rotatable bonds is 4. The molecule has 0 heterocycles. The summed E-state index contributed by atoms with van der Waals surface area (Å²) in [5, 5.41) is 12.7.